The summed E-state index contributed by atoms with van der Waals surface area (Å²) in [5.41, 5.74) is 8.26. The van der Waals surface area contributed by atoms with Crippen LogP contribution in [0.25, 0.3) is 32.7 Å². The number of hydrogen-bond donors (Lipinski definition) is 3. The molecule has 370 valence electrons. The van der Waals surface area contributed by atoms with Gasteiger partial charge >= 0.3 is 12.0 Å². The number of nitrogens with zero attached hydrogens (tertiary/aromatic N) is 8. The first-order valence-electron chi connectivity index (χ1n) is 23.7. The lowest BCUT2D eigenvalue weighted by molar-refractivity contribution is -0.155. The van der Waals surface area contributed by atoms with Crippen molar-refractivity contribution in [2.24, 2.45) is 11.3 Å². The number of likely N-dealkylation sites (tertiary alicyclic amines) is 2. The van der Waals surface area contributed by atoms with Gasteiger partial charge in [-0.2, -0.15) is 17.0 Å². The number of halogens is 1. The summed E-state index contributed by atoms with van der Waals surface area (Å²) in [5, 5.41) is 5.64. The van der Waals surface area contributed by atoms with Crippen molar-refractivity contribution in [3.8, 4) is 21.8 Å². The number of allylic oxidation sites excluding steroid dienone is 1. The minimum atomic E-state index is -1.19. The van der Waals surface area contributed by atoms with Crippen LogP contribution in [0.2, 0.25) is 0 Å². The summed E-state index contributed by atoms with van der Waals surface area (Å²) in [5.74, 6) is -1.93. The number of carbonyl (C=O) groups is 5. The van der Waals surface area contributed by atoms with Gasteiger partial charge in [0, 0.05) is 91.7 Å². The van der Waals surface area contributed by atoms with Crippen LogP contribution in [0.15, 0.2) is 48.7 Å². The van der Waals surface area contributed by atoms with E-state index in [4.69, 9.17) is 36.4 Å². The molecule has 0 aliphatic carbocycles. The molecule has 4 aromatic rings. The smallest absolute Gasteiger partial charge is 0.324 e. The molecule has 0 radical (unpaired) electrons. The number of ether oxygens (including phenoxy) is 2. The Morgan fingerprint density at radius 3 is 2.67 bits per heavy atom. The number of carbonyl (C=O) groups excluding carboxylic acids is 5. The maximum Gasteiger partial charge on any atom is 0.324 e. The predicted octanol–water partition coefficient (Wildman–Crippen LogP) is 5.39. The maximum atomic E-state index is 14.7. The molecule has 3 aromatic heterocycles. The summed E-state index contributed by atoms with van der Waals surface area (Å²) in [6, 6.07) is 6.10. The number of esters is 1. The second kappa shape index (κ2) is 20.5. The summed E-state index contributed by atoms with van der Waals surface area (Å²) >= 11 is 5.91. The fourth-order valence-corrected chi connectivity index (χ4v) is 11.6. The molecule has 7 heterocycles. The number of aryl methyl sites for hydroxylation is 1. The number of hydrogen-bond acceptors (Lipinski definition) is 13. The van der Waals surface area contributed by atoms with Gasteiger partial charge in [0.15, 0.2) is 0 Å². The molecule has 0 saturated carbocycles. The van der Waals surface area contributed by atoms with E-state index in [1.807, 2.05) is 32.9 Å². The number of hydrazine groups is 1. The molecular weight excluding hydrogens is 924 g/mol. The summed E-state index contributed by atoms with van der Waals surface area (Å²) in [6.45, 7) is 12.7. The number of amides is 5. The Hall–Kier alpha value is -5.44. The minimum absolute atomic E-state index is 0.0751. The lowest BCUT2D eigenvalue weighted by Gasteiger charge is -2.49. The summed E-state index contributed by atoms with van der Waals surface area (Å²) in [4.78, 5) is 84.5. The number of nitrogens with one attached hydrogen (secondary N) is 2. The quantitative estimate of drug-likeness (QED) is 0.105. The Morgan fingerprint density at radius 1 is 1.16 bits per heavy atom. The molecule has 7 atom stereocenters. The van der Waals surface area contributed by atoms with E-state index in [1.165, 1.54) is 27.5 Å². The molecule has 6 bridgehead atoms. The molecule has 0 spiro atoms. The Bertz CT molecular complexity index is 2640. The third kappa shape index (κ3) is 9.86. The van der Waals surface area contributed by atoms with Crippen LogP contribution in [0, 0.1) is 11.3 Å². The van der Waals surface area contributed by atoms with E-state index >= 15 is 0 Å². The van der Waals surface area contributed by atoms with Gasteiger partial charge in [0.05, 0.1) is 36.2 Å². The van der Waals surface area contributed by atoms with Crippen LogP contribution in [-0.2, 0) is 48.0 Å². The van der Waals surface area contributed by atoms with Crippen molar-refractivity contribution < 1.29 is 37.8 Å². The van der Waals surface area contributed by atoms with Crippen LogP contribution in [-0.4, -0.2) is 151 Å². The van der Waals surface area contributed by atoms with E-state index in [9.17, 15) is 28.4 Å². The first kappa shape index (κ1) is 50.0. The largest absolute Gasteiger partial charge is 0.464 e. The number of aromatic nitrogens is 4. The van der Waals surface area contributed by atoms with E-state index < -0.39 is 60.1 Å². The molecular formula is C49H63FN10O7S2. The average Bonchev–Trinajstić information content (AvgIpc) is 3.99. The van der Waals surface area contributed by atoms with Crippen molar-refractivity contribution in [1.82, 2.24) is 49.4 Å². The van der Waals surface area contributed by atoms with Gasteiger partial charge in [0.2, 0.25) is 11.8 Å². The van der Waals surface area contributed by atoms with Crippen LogP contribution in [0.1, 0.15) is 77.6 Å². The van der Waals surface area contributed by atoms with E-state index in [0.29, 0.717) is 36.6 Å². The fourth-order valence-electron chi connectivity index (χ4n) is 10.4. The normalized spacial score (nSPS) is 23.6. The van der Waals surface area contributed by atoms with E-state index in [0.717, 1.165) is 45.1 Å². The number of cyclic esters (lactones) is 1. The number of rotatable bonds is 10. The number of fused-ring (bicyclic) bond motifs is 7. The lowest BCUT2D eigenvalue weighted by atomic mass is 9.84. The molecule has 20 heteroatoms. The van der Waals surface area contributed by atoms with Gasteiger partial charge < -0.3 is 34.1 Å². The molecule has 3 fully saturated rings. The first-order valence-corrected chi connectivity index (χ1v) is 25.0. The number of urea groups is 1. The Morgan fingerprint density at radius 2 is 1.94 bits per heavy atom. The van der Waals surface area contributed by atoms with Crippen molar-refractivity contribution >= 4 is 64.8 Å². The fraction of sp³-hybridized carbons (Fsp3) is 0.551. The number of methoxy groups -OCH3 is 1. The Labute approximate surface area is 411 Å². The van der Waals surface area contributed by atoms with Gasteiger partial charge in [-0.05, 0) is 92.5 Å². The average molecular weight is 987 g/mol. The molecule has 8 rings (SSSR count). The molecule has 4 aliphatic heterocycles. The van der Waals surface area contributed by atoms with Gasteiger partial charge in [-0.3, -0.25) is 29.2 Å². The molecule has 17 nitrogen and oxygen atoms in total. The Balaban J connectivity index is 1.12. The SMILES string of the molecule is CCn1c(-c2cccnc2[C@H](C)OC)c2c3cc(ccc31)-c1nc(ns1)C[C@H](NC(=O)[C@H](C(C)C)N(C)C(=O)N1C[C@H]3[C@@H]1C(S)CN3C(=O)/C=C/CF)C(=O)N1CCC[C@H](N1)C(=O)OCC(C)(C)C2. The van der Waals surface area contributed by atoms with Crippen molar-refractivity contribution in [2.45, 2.75) is 115 Å². The zero-order valence-corrected chi connectivity index (χ0v) is 42.2. The highest BCUT2D eigenvalue weighted by Gasteiger charge is 2.55. The van der Waals surface area contributed by atoms with E-state index in [2.05, 4.69) is 54.3 Å². The molecule has 69 heavy (non-hydrogen) atoms. The highest BCUT2D eigenvalue weighted by Crippen LogP contribution is 2.42. The van der Waals surface area contributed by atoms with Crippen LogP contribution in [0.5, 0.6) is 0 Å². The van der Waals surface area contributed by atoms with Gasteiger partial charge in [-0.25, -0.2) is 19.6 Å². The maximum absolute atomic E-state index is 14.7. The highest BCUT2D eigenvalue weighted by molar-refractivity contribution is 7.81. The molecule has 2 N–H and O–H groups in total. The number of benzene rings is 1. The third-order valence-electron chi connectivity index (χ3n) is 13.8. The monoisotopic (exact) mass is 986 g/mol. The summed E-state index contributed by atoms with van der Waals surface area (Å²) < 4.78 is 31.7. The van der Waals surface area contributed by atoms with Crippen LogP contribution < -0.4 is 10.7 Å². The number of pyridine rings is 1. The van der Waals surface area contributed by atoms with Gasteiger partial charge in [-0.1, -0.05) is 27.7 Å². The van der Waals surface area contributed by atoms with Gasteiger partial charge in [0.1, 0.15) is 35.6 Å². The third-order valence-corrected chi connectivity index (χ3v) is 15.1. The second-order valence-corrected chi connectivity index (χ2v) is 21.0. The van der Waals surface area contributed by atoms with E-state index in [1.54, 1.807) is 30.2 Å². The van der Waals surface area contributed by atoms with Crippen LogP contribution >= 0.6 is 24.2 Å². The molecule has 5 amide bonds. The van der Waals surface area contributed by atoms with Crippen molar-refractivity contribution in [2.75, 3.05) is 47.1 Å². The molecule has 3 saturated heterocycles. The van der Waals surface area contributed by atoms with Crippen LogP contribution in [0.3, 0.4) is 0 Å². The van der Waals surface area contributed by atoms with Gasteiger partial charge in [0.25, 0.3) is 5.91 Å². The van der Waals surface area contributed by atoms with Crippen molar-refractivity contribution in [3.63, 3.8) is 0 Å². The molecule has 4 aliphatic rings. The zero-order chi connectivity index (χ0) is 49.5. The Kier molecular flexibility index (Phi) is 14.8. The molecule has 1 aromatic carbocycles. The van der Waals surface area contributed by atoms with E-state index in [-0.39, 0.29) is 61.9 Å². The van der Waals surface area contributed by atoms with Crippen LogP contribution in [0.4, 0.5) is 9.18 Å². The number of thiol groups is 1. The summed E-state index contributed by atoms with van der Waals surface area (Å²) in [7, 11) is 3.22. The first-order chi connectivity index (χ1) is 33.0. The van der Waals surface area contributed by atoms with Crippen molar-refractivity contribution in [1.29, 1.82) is 0 Å². The predicted molar refractivity (Wildman–Crippen MR) is 263 cm³/mol. The topological polar surface area (TPSA) is 184 Å². The zero-order valence-electron chi connectivity index (χ0n) is 40.5. The molecule has 1 unspecified atom stereocenters. The standard InChI is InChI=1S/C49H63FN10O7S2/c1-9-57-35-17-16-29-21-31(35)32(42(57)30-13-11-19-51-40(30)28(4)66-8)23-49(5,6)26-67-47(64)33-14-12-20-60(54-33)46(63)34(22-38-53-45(29)69-55-38)52-44(62)41(27(2)3)56(7)48(65)59-24-36-43(59)37(68)25-58(36)39(61)15-10-18-50/h10-11,13,15-17,19,21,27-28,33-34,36-37,41,43,54,68H,9,12,14,18,20,22-26H2,1-8H3,(H,52,62)/b15-10+/t28-,33-,34-,36-,37?,41-,43+/m0/s1. The number of alkyl halides is 1. The second-order valence-electron chi connectivity index (χ2n) is 19.6. The van der Waals surface area contributed by atoms with Gasteiger partial charge in [-0.15, -0.1) is 0 Å². The lowest BCUT2D eigenvalue weighted by Crippen LogP contribution is -2.69. The summed E-state index contributed by atoms with van der Waals surface area (Å²) in [6.07, 6.45) is 5.26. The number of likely N-dealkylation sites (N-methyl/N-ethyl adjacent to an activating group) is 1. The highest BCUT2D eigenvalue weighted by atomic mass is 32.1. The van der Waals surface area contributed by atoms with Crippen molar-refractivity contribution in [3.05, 3.63) is 65.8 Å². The minimum Gasteiger partial charge on any atom is -0.464 e.